The van der Waals surface area contributed by atoms with Gasteiger partial charge in [0.05, 0.1) is 4.90 Å². The Morgan fingerprint density at radius 2 is 1.80 bits per heavy atom. The Balaban J connectivity index is 2.31. The first-order valence-electron chi connectivity index (χ1n) is 7.12. The van der Waals surface area contributed by atoms with Crippen molar-refractivity contribution in [2.24, 2.45) is 5.92 Å². The Morgan fingerprint density at radius 1 is 1.20 bits per heavy atom. The molecule has 2 unspecified atom stereocenters. The van der Waals surface area contributed by atoms with Crippen LogP contribution in [0, 0.1) is 26.7 Å². The third-order valence-corrected chi connectivity index (χ3v) is 5.80. The van der Waals surface area contributed by atoms with Crippen LogP contribution in [0.1, 0.15) is 30.0 Å². The molecule has 1 aliphatic heterocycles. The molecule has 2 atom stereocenters. The summed E-state index contributed by atoms with van der Waals surface area (Å²) < 4.78 is 28.2. The lowest BCUT2D eigenvalue weighted by Crippen LogP contribution is -2.50. The van der Waals surface area contributed by atoms with E-state index >= 15 is 0 Å². The molecule has 112 valence electrons. The molecule has 0 aliphatic carbocycles. The van der Waals surface area contributed by atoms with Gasteiger partial charge in [-0.25, -0.2) is 13.1 Å². The van der Waals surface area contributed by atoms with E-state index in [-0.39, 0.29) is 6.04 Å². The van der Waals surface area contributed by atoms with E-state index in [0.29, 0.717) is 17.4 Å². The van der Waals surface area contributed by atoms with Gasteiger partial charge in [0.25, 0.3) is 0 Å². The second kappa shape index (κ2) is 5.84. The number of rotatable bonds is 3. The van der Waals surface area contributed by atoms with E-state index in [0.717, 1.165) is 29.7 Å². The Hall–Kier alpha value is -0.910. The van der Waals surface area contributed by atoms with Crippen LogP contribution in [0.3, 0.4) is 0 Å². The van der Waals surface area contributed by atoms with Crippen molar-refractivity contribution < 1.29 is 8.42 Å². The van der Waals surface area contributed by atoms with Crippen LogP contribution in [-0.4, -0.2) is 27.5 Å². The number of hydrogen-bond donors (Lipinski definition) is 2. The first-order chi connectivity index (χ1) is 9.31. The van der Waals surface area contributed by atoms with Gasteiger partial charge in [0, 0.05) is 12.6 Å². The third-order valence-electron chi connectivity index (χ3n) is 4.01. The van der Waals surface area contributed by atoms with Gasteiger partial charge in [0.2, 0.25) is 10.0 Å². The zero-order valence-corrected chi connectivity index (χ0v) is 13.5. The molecular formula is C15H24N2O2S. The summed E-state index contributed by atoms with van der Waals surface area (Å²) in [5.74, 6) is 0.358. The number of sulfonamides is 1. The van der Waals surface area contributed by atoms with Crippen molar-refractivity contribution in [1.29, 1.82) is 0 Å². The SMILES string of the molecule is Cc1cc(C)c(S(=O)(=O)NC2CNCCC2C)c(C)c1. The largest absolute Gasteiger partial charge is 0.315 e. The fraction of sp³-hybridized carbons (Fsp3) is 0.600. The van der Waals surface area contributed by atoms with Gasteiger partial charge >= 0.3 is 0 Å². The Morgan fingerprint density at radius 3 is 2.35 bits per heavy atom. The fourth-order valence-electron chi connectivity index (χ4n) is 3.00. The zero-order valence-electron chi connectivity index (χ0n) is 12.7. The highest BCUT2D eigenvalue weighted by atomic mass is 32.2. The molecule has 20 heavy (non-hydrogen) atoms. The van der Waals surface area contributed by atoms with Gasteiger partial charge in [0.15, 0.2) is 0 Å². The van der Waals surface area contributed by atoms with Crippen LogP contribution in [0.25, 0.3) is 0 Å². The first kappa shape index (κ1) is 15.5. The van der Waals surface area contributed by atoms with Crippen molar-refractivity contribution in [3.63, 3.8) is 0 Å². The number of piperidine rings is 1. The lowest BCUT2D eigenvalue weighted by molar-refractivity contribution is 0.327. The molecule has 5 heteroatoms. The second-order valence-electron chi connectivity index (χ2n) is 5.93. The molecule has 1 heterocycles. The maximum atomic E-state index is 12.7. The second-order valence-corrected chi connectivity index (χ2v) is 7.58. The predicted octanol–water partition coefficient (Wildman–Crippen LogP) is 1.89. The Labute approximate surface area is 122 Å². The van der Waals surface area contributed by atoms with Crippen LogP contribution in [0.15, 0.2) is 17.0 Å². The van der Waals surface area contributed by atoms with E-state index in [4.69, 9.17) is 0 Å². The number of benzene rings is 1. The first-order valence-corrected chi connectivity index (χ1v) is 8.60. The predicted molar refractivity (Wildman–Crippen MR) is 81.4 cm³/mol. The van der Waals surface area contributed by atoms with E-state index in [1.807, 2.05) is 32.9 Å². The molecule has 0 radical (unpaired) electrons. The highest BCUT2D eigenvalue weighted by Crippen LogP contribution is 2.23. The summed E-state index contributed by atoms with van der Waals surface area (Å²) in [6.07, 6.45) is 0.999. The quantitative estimate of drug-likeness (QED) is 0.895. The average Bonchev–Trinajstić information content (AvgIpc) is 2.30. The van der Waals surface area contributed by atoms with E-state index in [1.165, 1.54) is 0 Å². The zero-order chi connectivity index (χ0) is 14.9. The molecule has 1 aliphatic rings. The summed E-state index contributed by atoms with van der Waals surface area (Å²) in [5.41, 5.74) is 2.71. The summed E-state index contributed by atoms with van der Waals surface area (Å²) in [5, 5.41) is 3.25. The normalized spacial score (nSPS) is 23.8. The van der Waals surface area contributed by atoms with Crippen LogP contribution < -0.4 is 10.0 Å². The van der Waals surface area contributed by atoms with E-state index in [2.05, 4.69) is 17.0 Å². The monoisotopic (exact) mass is 296 g/mol. The molecule has 0 saturated carbocycles. The standard InChI is InChI=1S/C15H24N2O2S/c1-10-7-12(3)15(13(4)8-10)20(18,19)17-14-9-16-6-5-11(14)2/h7-8,11,14,16-17H,5-6,9H2,1-4H3. The number of nitrogens with one attached hydrogen (secondary N) is 2. The van der Waals surface area contributed by atoms with Crippen molar-refractivity contribution >= 4 is 10.0 Å². The van der Waals surface area contributed by atoms with Gasteiger partial charge in [-0.15, -0.1) is 0 Å². The minimum absolute atomic E-state index is 0.0335. The van der Waals surface area contributed by atoms with Crippen LogP contribution in [-0.2, 0) is 10.0 Å². The maximum absolute atomic E-state index is 12.7. The van der Waals surface area contributed by atoms with Crippen LogP contribution in [0.4, 0.5) is 0 Å². The van der Waals surface area contributed by atoms with Gasteiger partial charge in [-0.3, -0.25) is 0 Å². The van der Waals surface area contributed by atoms with Crippen molar-refractivity contribution in [1.82, 2.24) is 10.0 Å². The van der Waals surface area contributed by atoms with Crippen LogP contribution in [0.5, 0.6) is 0 Å². The molecule has 0 aromatic heterocycles. The molecule has 2 rings (SSSR count). The Bertz CT molecular complexity index is 573. The maximum Gasteiger partial charge on any atom is 0.241 e. The minimum Gasteiger partial charge on any atom is -0.315 e. The topological polar surface area (TPSA) is 58.2 Å². The average molecular weight is 296 g/mol. The van der Waals surface area contributed by atoms with E-state index in [1.54, 1.807) is 0 Å². The lowest BCUT2D eigenvalue weighted by atomic mass is 9.96. The van der Waals surface area contributed by atoms with Gasteiger partial charge in [-0.1, -0.05) is 24.6 Å². The van der Waals surface area contributed by atoms with Crippen molar-refractivity contribution in [2.45, 2.75) is 45.1 Å². The van der Waals surface area contributed by atoms with E-state index < -0.39 is 10.0 Å². The van der Waals surface area contributed by atoms with Gasteiger partial charge < -0.3 is 5.32 Å². The number of aryl methyl sites for hydroxylation is 3. The van der Waals surface area contributed by atoms with Gasteiger partial charge in [-0.2, -0.15) is 0 Å². The molecule has 1 aromatic rings. The minimum atomic E-state index is -3.46. The molecule has 0 bridgehead atoms. The fourth-order valence-corrected chi connectivity index (χ4v) is 4.79. The summed E-state index contributed by atoms with van der Waals surface area (Å²) >= 11 is 0. The highest BCUT2D eigenvalue weighted by molar-refractivity contribution is 7.89. The summed E-state index contributed by atoms with van der Waals surface area (Å²) in [6, 6.07) is 3.81. The molecule has 2 N–H and O–H groups in total. The molecule has 4 nitrogen and oxygen atoms in total. The molecule has 0 spiro atoms. The van der Waals surface area contributed by atoms with Gasteiger partial charge in [0.1, 0.15) is 0 Å². The molecule has 1 fully saturated rings. The van der Waals surface area contributed by atoms with Gasteiger partial charge in [-0.05, 0) is 50.8 Å². The molecule has 1 saturated heterocycles. The molecule has 1 aromatic carbocycles. The molecule has 0 amide bonds. The van der Waals surface area contributed by atoms with Crippen molar-refractivity contribution in [3.05, 3.63) is 28.8 Å². The Kier molecular flexibility index (Phi) is 4.52. The molecular weight excluding hydrogens is 272 g/mol. The van der Waals surface area contributed by atoms with Crippen molar-refractivity contribution in [2.75, 3.05) is 13.1 Å². The van der Waals surface area contributed by atoms with Crippen molar-refractivity contribution in [3.8, 4) is 0 Å². The van der Waals surface area contributed by atoms with E-state index in [9.17, 15) is 8.42 Å². The van der Waals surface area contributed by atoms with Crippen LogP contribution >= 0.6 is 0 Å². The highest BCUT2D eigenvalue weighted by Gasteiger charge is 2.28. The van der Waals surface area contributed by atoms with Crippen LogP contribution in [0.2, 0.25) is 0 Å². The smallest absolute Gasteiger partial charge is 0.241 e. The third kappa shape index (κ3) is 3.22. The summed E-state index contributed by atoms with van der Waals surface area (Å²) in [7, 11) is -3.46. The summed E-state index contributed by atoms with van der Waals surface area (Å²) in [6.45, 7) is 9.46. The lowest BCUT2D eigenvalue weighted by Gasteiger charge is -2.30. The summed E-state index contributed by atoms with van der Waals surface area (Å²) in [4.78, 5) is 0.431. The number of hydrogen-bond acceptors (Lipinski definition) is 3.